The summed E-state index contributed by atoms with van der Waals surface area (Å²) < 4.78 is 31.8. The summed E-state index contributed by atoms with van der Waals surface area (Å²) in [5.74, 6) is -1.54. The van der Waals surface area contributed by atoms with Gasteiger partial charge in [0.15, 0.2) is 0 Å². The topological polar surface area (TPSA) is 160 Å². The lowest BCUT2D eigenvalue weighted by Crippen LogP contribution is -2.53. The maximum absolute atomic E-state index is 12.3. The van der Waals surface area contributed by atoms with Crippen molar-refractivity contribution in [2.45, 2.75) is 63.5 Å². The molecule has 11 heteroatoms. The second kappa shape index (κ2) is 9.79. The highest BCUT2D eigenvalue weighted by Gasteiger charge is 2.35. The fourth-order valence-corrected chi connectivity index (χ4v) is 3.28. The van der Waals surface area contributed by atoms with Crippen LogP contribution >= 0.6 is 0 Å². The fourth-order valence-electron chi connectivity index (χ4n) is 2.33. The average molecular weight is 443 g/mol. The molecule has 0 aliphatic carbocycles. The number of ether oxygens (including phenoxy) is 1. The van der Waals surface area contributed by atoms with Crippen molar-refractivity contribution in [3.63, 3.8) is 0 Å². The van der Waals surface area contributed by atoms with Crippen LogP contribution in [0.5, 0.6) is 0 Å². The van der Waals surface area contributed by atoms with Crippen LogP contribution in [0.2, 0.25) is 0 Å². The summed E-state index contributed by atoms with van der Waals surface area (Å²) >= 11 is 0. The molecule has 0 unspecified atom stereocenters. The second-order valence-electron chi connectivity index (χ2n) is 8.05. The summed E-state index contributed by atoms with van der Waals surface area (Å²) in [6, 6.07) is 6.22. The molecule has 0 aromatic heterocycles. The van der Waals surface area contributed by atoms with Crippen LogP contribution in [0.1, 0.15) is 46.1 Å². The van der Waals surface area contributed by atoms with E-state index < -0.39 is 33.2 Å². The maximum atomic E-state index is 12.3. The van der Waals surface area contributed by atoms with Gasteiger partial charge >= 0.3 is 12.1 Å². The Morgan fingerprint density at radius 3 is 2.23 bits per heavy atom. The number of aliphatic imine (C=N–C) groups is 1. The Balaban J connectivity index is 2.66. The van der Waals surface area contributed by atoms with Crippen LogP contribution < -0.4 is 15.8 Å². The summed E-state index contributed by atoms with van der Waals surface area (Å²) in [5, 5.41) is 11.8. The van der Waals surface area contributed by atoms with Gasteiger partial charge in [-0.25, -0.2) is 22.7 Å². The lowest BCUT2D eigenvalue weighted by atomic mass is 9.96. The van der Waals surface area contributed by atoms with Gasteiger partial charge in [-0.15, -0.1) is 0 Å². The molecule has 0 radical (unpaired) electrons. The van der Waals surface area contributed by atoms with Crippen LogP contribution in [0.15, 0.2) is 34.2 Å². The van der Waals surface area contributed by atoms with Gasteiger partial charge in [-0.3, -0.25) is 4.99 Å². The second-order valence-corrected chi connectivity index (χ2v) is 9.74. The van der Waals surface area contributed by atoms with Crippen molar-refractivity contribution in [2.24, 2.45) is 10.7 Å². The monoisotopic (exact) mass is 442 g/mol. The van der Waals surface area contributed by atoms with E-state index in [1.165, 1.54) is 19.1 Å². The number of nitrogens with one attached hydrogen (secondary N) is 2. The number of alkyl carbamates (subject to hydrolysis) is 1. The number of aliphatic carboxylic acids is 1. The van der Waals surface area contributed by atoms with Crippen molar-refractivity contribution in [3.8, 4) is 0 Å². The van der Waals surface area contributed by atoms with Gasteiger partial charge in [0.1, 0.15) is 11.1 Å². The van der Waals surface area contributed by atoms with Crippen LogP contribution in [-0.4, -0.2) is 49.2 Å². The van der Waals surface area contributed by atoms with Gasteiger partial charge < -0.3 is 20.9 Å². The third-order valence-electron chi connectivity index (χ3n) is 3.94. The van der Waals surface area contributed by atoms with E-state index in [1.54, 1.807) is 32.9 Å². The Hall–Kier alpha value is -2.82. The van der Waals surface area contributed by atoms with E-state index >= 15 is 0 Å². The van der Waals surface area contributed by atoms with Gasteiger partial charge in [0.05, 0.1) is 4.90 Å². The first-order valence-corrected chi connectivity index (χ1v) is 10.8. The summed E-state index contributed by atoms with van der Waals surface area (Å²) in [6.45, 7) is 8.25. The molecule has 0 saturated heterocycles. The van der Waals surface area contributed by atoms with Gasteiger partial charge in [0.2, 0.25) is 5.96 Å². The summed E-state index contributed by atoms with van der Waals surface area (Å²) in [6.07, 6.45) is -0.587. The number of hydrogen-bond donors (Lipinski definition) is 4. The molecule has 168 valence electrons. The van der Waals surface area contributed by atoms with E-state index in [-0.39, 0.29) is 30.2 Å². The molecule has 10 nitrogen and oxygen atoms in total. The van der Waals surface area contributed by atoms with Crippen molar-refractivity contribution in [1.82, 2.24) is 10.0 Å². The Morgan fingerprint density at radius 2 is 1.73 bits per heavy atom. The highest BCUT2D eigenvalue weighted by atomic mass is 32.2. The highest BCUT2D eigenvalue weighted by molar-refractivity contribution is 7.90. The number of carbonyl (C=O) groups excluding carboxylic acids is 1. The molecule has 0 fully saturated rings. The van der Waals surface area contributed by atoms with E-state index in [1.807, 2.05) is 6.92 Å². The lowest BCUT2D eigenvalue weighted by Gasteiger charge is -2.28. The van der Waals surface area contributed by atoms with Crippen molar-refractivity contribution in [1.29, 1.82) is 0 Å². The van der Waals surface area contributed by atoms with Crippen molar-refractivity contribution in [2.75, 3.05) is 6.54 Å². The minimum atomic E-state index is -3.86. The number of guanidine groups is 1. The zero-order valence-corrected chi connectivity index (χ0v) is 18.7. The summed E-state index contributed by atoms with van der Waals surface area (Å²) in [5.41, 5.74) is 4.21. The standard InChI is InChI=1S/C19H30N4O6S/c1-13-7-9-14(10-8-13)30(27,28)23-16(20)21-12-6-11-19(5,15(24)25)22-17(26)29-18(2,3)4/h7-10H,6,11-12H2,1-5H3,(H,22,26)(H,24,25)(H3,20,21,23)/t19-/m0/s1. The van der Waals surface area contributed by atoms with Crippen LogP contribution in [0.25, 0.3) is 0 Å². The lowest BCUT2D eigenvalue weighted by molar-refractivity contribution is -0.144. The molecular weight excluding hydrogens is 412 g/mol. The number of rotatable bonds is 8. The number of nitrogens with zero attached hydrogens (tertiary/aromatic N) is 1. The number of carboxylic acid groups (broad SMARTS) is 1. The zero-order chi connectivity index (χ0) is 23.2. The van der Waals surface area contributed by atoms with Crippen molar-refractivity contribution in [3.05, 3.63) is 29.8 Å². The van der Waals surface area contributed by atoms with Crippen molar-refractivity contribution < 1.29 is 27.9 Å². The number of carboxylic acids is 1. The Bertz CT molecular complexity index is 891. The number of nitrogens with two attached hydrogens (primary N) is 1. The predicted octanol–water partition coefficient (Wildman–Crippen LogP) is 1.74. The number of benzene rings is 1. The van der Waals surface area contributed by atoms with E-state index in [2.05, 4.69) is 15.0 Å². The van der Waals surface area contributed by atoms with E-state index in [0.29, 0.717) is 0 Å². The molecule has 0 bridgehead atoms. The Labute approximate surface area is 177 Å². The molecule has 1 aromatic carbocycles. The van der Waals surface area contributed by atoms with E-state index in [0.717, 1.165) is 5.56 Å². The highest BCUT2D eigenvalue weighted by Crippen LogP contribution is 2.15. The van der Waals surface area contributed by atoms with Crippen LogP contribution in [0, 0.1) is 6.92 Å². The molecule has 0 aliphatic heterocycles. The van der Waals surface area contributed by atoms with Gasteiger partial charge in [-0.2, -0.15) is 0 Å². The molecule has 1 aromatic rings. The quantitative estimate of drug-likeness (QED) is 0.271. The minimum Gasteiger partial charge on any atom is -0.480 e. The van der Waals surface area contributed by atoms with Gasteiger partial charge in [0, 0.05) is 6.54 Å². The van der Waals surface area contributed by atoms with Crippen LogP contribution in [0.3, 0.4) is 0 Å². The fraction of sp³-hybridized carbons (Fsp3) is 0.526. The van der Waals surface area contributed by atoms with Gasteiger partial charge in [-0.05, 0) is 59.6 Å². The SMILES string of the molecule is Cc1ccc(S(=O)(=O)NC(N)=NCCC[C@](C)(NC(=O)OC(C)(C)C)C(=O)O)cc1. The zero-order valence-electron chi connectivity index (χ0n) is 17.9. The predicted molar refractivity (Wildman–Crippen MR) is 113 cm³/mol. The Morgan fingerprint density at radius 1 is 1.17 bits per heavy atom. The Kier molecular flexibility index (Phi) is 8.23. The first-order valence-electron chi connectivity index (χ1n) is 9.29. The number of sulfonamides is 1. The molecule has 1 rings (SSSR count). The molecule has 1 atom stereocenters. The van der Waals surface area contributed by atoms with E-state index in [4.69, 9.17) is 10.5 Å². The van der Waals surface area contributed by atoms with Gasteiger partial charge in [0.25, 0.3) is 10.0 Å². The third kappa shape index (κ3) is 8.27. The van der Waals surface area contributed by atoms with Gasteiger partial charge in [-0.1, -0.05) is 17.7 Å². The number of carbonyl (C=O) groups is 2. The smallest absolute Gasteiger partial charge is 0.408 e. The molecule has 0 saturated carbocycles. The number of amides is 1. The summed E-state index contributed by atoms with van der Waals surface area (Å²) in [7, 11) is -3.86. The minimum absolute atomic E-state index is 0.0308. The molecule has 5 N–H and O–H groups in total. The largest absolute Gasteiger partial charge is 0.480 e. The molecular formula is C19H30N4O6S. The van der Waals surface area contributed by atoms with Crippen LogP contribution in [0.4, 0.5) is 4.79 Å². The molecule has 0 heterocycles. The van der Waals surface area contributed by atoms with Crippen molar-refractivity contribution >= 4 is 28.0 Å². The average Bonchev–Trinajstić information content (AvgIpc) is 2.56. The first-order chi connectivity index (χ1) is 13.6. The van der Waals surface area contributed by atoms with E-state index in [9.17, 15) is 23.1 Å². The molecule has 0 spiro atoms. The number of hydrogen-bond acceptors (Lipinski definition) is 6. The third-order valence-corrected chi connectivity index (χ3v) is 5.31. The number of aryl methyl sites for hydroxylation is 1. The van der Waals surface area contributed by atoms with Crippen LogP contribution in [-0.2, 0) is 19.6 Å². The molecule has 1 amide bonds. The molecule has 30 heavy (non-hydrogen) atoms. The normalized spacial score (nSPS) is 14.5. The summed E-state index contributed by atoms with van der Waals surface area (Å²) in [4.78, 5) is 27.5. The molecule has 0 aliphatic rings. The maximum Gasteiger partial charge on any atom is 0.408 e. The first kappa shape index (κ1) is 25.2.